The third kappa shape index (κ3) is 8.36. The molecule has 0 aliphatic carbocycles. The number of likely N-dealkylation sites (N-methyl/N-ethyl adjacent to an activating group) is 1. The van der Waals surface area contributed by atoms with Crippen LogP contribution >= 0.6 is 11.6 Å². The number of carbonyl (C=O) groups is 5. The number of ether oxygens (including phenoxy) is 2. The van der Waals surface area contributed by atoms with Gasteiger partial charge < -0.3 is 34.5 Å². The molecule has 7 heterocycles. The number of carbonyl (C=O) groups excluding carboxylic acids is 5. The lowest BCUT2D eigenvalue weighted by molar-refractivity contribution is -0.149. The van der Waals surface area contributed by atoms with E-state index in [1.54, 1.807) is 29.0 Å². The van der Waals surface area contributed by atoms with Gasteiger partial charge in [-0.3, -0.25) is 43.9 Å². The summed E-state index contributed by atoms with van der Waals surface area (Å²) in [6.07, 6.45) is 4.88. The van der Waals surface area contributed by atoms with Crippen LogP contribution in [0, 0.1) is 5.92 Å². The fourth-order valence-corrected chi connectivity index (χ4v) is 9.74. The fourth-order valence-electron chi connectivity index (χ4n) is 9.60. The van der Waals surface area contributed by atoms with Crippen molar-refractivity contribution in [3.8, 4) is 5.75 Å². The van der Waals surface area contributed by atoms with Crippen molar-refractivity contribution in [3.63, 3.8) is 0 Å². The number of imide groups is 2. The second-order valence-corrected chi connectivity index (χ2v) is 18.0. The highest BCUT2D eigenvalue weighted by molar-refractivity contribution is 6.33. The largest absolute Gasteiger partial charge is 0.478 e. The lowest BCUT2D eigenvalue weighted by Gasteiger charge is -2.54. The molecule has 1 spiro atoms. The van der Waals surface area contributed by atoms with Crippen LogP contribution in [-0.2, 0) is 19.1 Å². The normalized spacial score (nSPS) is 20.2. The highest BCUT2D eigenvalue weighted by Gasteiger charge is 2.48. The maximum absolute atomic E-state index is 13.4. The van der Waals surface area contributed by atoms with Gasteiger partial charge in [0.15, 0.2) is 18.2 Å². The first-order valence-electron chi connectivity index (χ1n) is 21.8. The number of piperidine rings is 2. The summed E-state index contributed by atoms with van der Waals surface area (Å²) in [5, 5.41) is 9.17. The standard InChI is InChI=1S/C45H51ClN10O8/c1-26(2)55-34-7-4-29(18-28(34)19-36(43(55)62)63-22-38(58)47-3)49-39-33(46)21-48-44(51-39)54-16-17-64-45(25-54)23-52(24-45)13-10-27-11-14-53(15-12-27)30-5-6-31-32(20-30)42(61)56(41(31)60)35-8-9-37(57)50-40(35)59/h4-7,18-21,26-27,35H,8-17,22-25H2,1-3H3,(H,47,58)(H,48,49,51)(H,50,57,59). The Hall–Kier alpha value is -6.11. The van der Waals surface area contributed by atoms with E-state index in [-0.39, 0.29) is 53.9 Å². The molecule has 0 bridgehead atoms. The number of rotatable bonds is 12. The molecule has 19 heteroatoms. The first-order valence-corrected chi connectivity index (χ1v) is 22.2. The number of halogens is 1. The molecule has 18 nitrogen and oxygen atoms in total. The number of likely N-dealkylation sites (tertiary alicyclic amines) is 1. The zero-order valence-electron chi connectivity index (χ0n) is 36.0. The average Bonchev–Trinajstić information content (AvgIpc) is 3.52. The maximum atomic E-state index is 13.4. The van der Waals surface area contributed by atoms with E-state index in [0.29, 0.717) is 53.7 Å². The summed E-state index contributed by atoms with van der Waals surface area (Å²) in [5.41, 5.74) is 2.25. The van der Waals surface area contributed by atoms with Crippen LogP contribution in [0.5, 0.6) is 5.75 Å². The minimum absolute atomic E-state index is 0.0818. The van der Waals surface area contributed by atoms with Crippen LogP contribution in [0.25, 0.3) is 10.9 Å². The van der Waals surface area contributed by atoms with Crippen LogP contribution < -0.4 is 36.0 Å². The Morgan fingerprint density at radius 1 is 0.969 bits per heavy atom. The fraction of sp³-hybridized carbons (Fsp3) is 0.467. The predicted octanol–water partition coefficient (Wildman–Crippen LogP) is 3.49. The van der Waals surface area contributed by atoms with E-state index in [2.05, 4.69) is 35.6 Å². The minimum Gasteiger partial charge on any atom is -0.478 e. The van der Waals surface area contributed by atoms with Crippen LogP contribution in [-0.4, -0.2) is 132 Å². The molecule has 0 radical (unpaired) electrons. The second-order valence-electron chi connectivity index (χ2n) is 17.6. The van der Waals surface area contributed by atoms with Crippen molar-refractivity contribution in [2.75, 3.05) is 81.2 Å². The number of aromatic nitrogens is 3. The van der Waals surface area contributed by atoms with Gasteiger partial charge >= 0.3 is 0 Å². The number of hydrogen-bond donors (Lipinski definition) is 3. The zero-order valence-corrected chi connectivity index (χ0v) is 36.8. The average molecular weight is 895 g/mol. The smallest absolute Gasteiger partial charge is 0.293 e. The number of nitrogens with zero attached hydrogens (tertiary/aromatic N) is 7. The Balaban J connectivity index is 0.775. The molecule has 4 fully saturated rings. The Morgan fingerprint density at radius 3 is 2.50 bits per heavy atom. The molecule has 2 aromatic carbocycles. The third-order valence-corrected chi connectivity index (χ3v) is 13.2. The molecule has 2 aromatic heterocycles. The van der Waals surface area contributed by atoms with Gasteiger partial charge in [0, 0.05) is 69.0 Å². The number of pyridine rings is 1. The Bertz CT molecular complexity index is 2610. The monoisotopic (exact) mass is 894 g/mol. The van der Waals surface area contributed by atoms with Crippen LogP contribution in [0.15, 0.2) is 53.5 Å². The summed E-state index contributed by atoms with van der Waals surface area (Å²) in [5.74, 6) is -0.719. The van der Waals surface area contributed by atoms with E-state index in [9.17, 15) is 28.8 Å². The SMILES string of the molecule is CNC(=O)COc1cc2cc(Nc3nc(N4CCOC5(CN(CCC6CCN(c7ccc8c(c7)C(=O)N(C7CCC(=O)NC7=O)C8=O)CC6)C5)C4)ncc3Cl)ccc2n(C(C)C)c1=O. The first-order chi connectivity index (χ1) is 30.8. The molecule has 336 valence electrons. The third-order valence-electron chi connectivity index (χ3n) is 13.0. The van der Waals surface area contributed by atoms with Crippen LogP contribution in [0.1, 0.15) is 72.7 Å². The predicted molar refractivity (Wildman–Crippen MR) is 238 cm³/mol. The summed E-state index contributed by atoms with van der Waals surface area (Å²) in [7, 11) is 1.51. The summed E-state index contributed by atoms with van der Waals surface area (Å²) in [6.45, 7) is 9.64. The van der Waals surface area contributed by atoms with E-state index < -0.39 is 29.7 Å². The molecule has 9 rings (SSSR count). The van der Waals surface area contributed by atoms with Crippen molar-refractivity contribution in [1.82, 2.24) is 35.0 Å². The molecule has 5 aliphatic rings. The van der Waals surface area contributed by atoms with Gasteiger partial charge in [-0.15, -0.1) is 0 Å². The summed E-state index contributed by atoms with van der Waals surface area (Å²) >= 11 is 6.63. The van der Waals surface area contributed by atoms with E-state index in [4.69, 9.17) is 26.1 Å². The van der Waals surface area contributed by atoms with Gasteiger partial charge in [0.25, 0.3) is 23.3 Å². The van der Waals surface area contributed by atoms with Crippen LogP contribution in [0.2, 0.25) is 5.02 Å². The van der Waals surface area contributed by atoms with Gasteiger partial charge in [-0.2, -0.15) is 4.98 Å². The van der Waals surface area contributed by atoms with Crippen molar-refractivity contribution in [1.29, 1.82) is 0 Å². The quantitative estimate of drug-likeness (QED) is 0.175. The molecular weight excluding hydrogens is 844 g/mol. The highest BCUT2D eigenvalue weighted by Crippen LogP contribution is 2.36. The first kappa shape index (κ1) is 43.2. The van der Waals surface area contributed by atoms with Crippen molar-refractivity contribution in [2.45, 2.75) is 63.6 Å². The molecule has 5 aliphatic heterocycles. The van der Waals surface area contributed by atoms with Gasteiger partial charge in [-0.25, -0.2) is 4.98 Å². The van der Waals surface area contributed by atoms with Crippen molar-refractivity contribution < 1.29 is 33.4 Å². The molecular formula is C45H51ClN10O8. The number of anilines is 4. The Kier molecular flexibility index (Phi) is 11.8. The molecule has 5 amide bonds. The van der Waals surface area contributed by atoms with Gasteiger partial charge in [0.1, 0.15) is 16.7 Å². The summed E-state index contributed by atoms with van der Waals surface area (Å²) < 4.78 is 13.6. The van der Waals surface area contributed by atoms with Gasteiger partial charge in [-0.05, 0) is 94.5 Å². The van der Waals surface area contributed by atoms with Gasteiger partial charge in [-0.1, -0.05) is 11.6 Å². The molecule has 0 saturated carbocycles. The lowest BCUT2D eigenvalue weighted by Crippen LogP contribution is -2.70. The number of nitrogens with one attached hydrogen (secondary N) is 3. The summed E-state index contributed by atoms with van der Waals surface area (Å²) in [6, 6.07) is 11.4. The molecule has 4 aromatic rings. The Labute approximate surface area is 374 Å². The van der Waals surface area contributed by atoms with Crippen molar-refractivity contribution >= 4 is 75.2 Å². The van der Waals surface area contributed by atoms with Gasteiger partial charge in [0.05, 0.1) is 36.0 Å². The lowest BCUT2D eigenvalue weighted by atomic mass is 9.89. The second kappa shape index (κ2) is 17.5. The number of fused-ring (bicyclic) bond motifs is 2. The number of benzene rings is 2. The van der Waals surface area contributed by atoms with Gasteiger partial charge in [0.2, 0.25) is 17.8 Å². The van der Waals surface area contributed by atoms with E-state index >= 15 is 0 Å². The zero-order chi connectivity index (χ0) is 44.9. The number of amides is 5. The topological polar surface area (TPSA) is 201 Å². The van der Waals surface area contributed by atoms with Crippen molar-refractivity contribution in [3.05, 3.63) is 75.2 Å². The highest BCUT2D eigenvalue weighted by atomic mass is 35.5. The minimum atomic E-state index is -0.983. The summed E-state index contributed by atoms with van der Waals surface area (Å²) in [4.78, 5) is 93.1. The van der Waals surface area contributed by atoms with E-state index in [1.807, 2.05) is 38.1 Å². The van der Waals surface area contributed by atoms with Crippen LogP contribution in [0.4, 0.5) is 23.1 Å². The Morgan fingerprint density at radius 2 is 1.75 bits per heavy atom. The molecule has 4 saturated heterocycles. The van der Waals surface area contributed by atoms with E-state index in [1.165, 1.54) is 7.05 Å². The molecule has 1 atom stereocenters. The molecule has 3 N–H and O–H groups in total. The molecule has 1 unspecified atom stereocenters. The number of hydrogen-bond acceptors (Lipinski definition) is 14. The van der Waals surface area contributed by atoms with Crippen molar-refractivity contribution in [2.24, 2.45) is 5.92 Å². The van der Waals surface area contributed by atoms with Crippen LogP contribution in [0.3, 0.4) is 0 Å². The maximum Gasteiger partial charge on any atom is 0.293 e. The number of morpholine rings is 1. The molecule has 64 heavy (non-hydrogen) atoms. The van der Waals surface area contributed by atoms with E-state index in [0.717, 1.165) is 73.5 Å².